The monoisotopic (exact) mass is 500 g/mol. The molecule has 2 saturated heterocycles. The van der Waals surface area contributed by atoms with Crippen LogP contribution in [0.5, 0.6) is 0 Å². The Labute approximate surface area is 187 Å². The summed E-state index contributed by atoms with van der Waals surface area (Å²) in [7, 11) is 1.84. The summed E-state index contributed by atoms with van der Waals surface area (Å²) < 4.78 is 0. The fourth-order valence-corrected chi connectivity index (χ4v) is 4.21. The lowest BCUT2D eigenvalue weighted by molar-refractivity contribution is 0.267. The first-order chi connectivity index (χ1) is 13.3. The molecule has 0 aromatic carbocycles. The number of anilines is 1. The van der Waals surface area contributed by atoms with Crippen LogP contribution in [0.15, 0.2) is 23.3 Å². The molecule has 1 aromatic rings. The second-order valence-electron chi connectivity index (χ2n) is 7.65. The number of aliphatic imine (C=N–C) groups is 1. The molecule has 0 radical (unpaired) electrons. The number of nitrogens with one attached hydrogen (secondary N) is 2. The van der Waals surface area contributed by atoms with Crippen LogP contribution >= 0.6 is 24.0 Å². The highest BCUT2D eigenvalue weighted by atomic mass is 127. The summed E-state index contributed by atoms with van der Waals surface area (Å²) in [5.41, 5.74) is 1.25. The normalized spacial score (nSPS) is 21.1. The lowest BCUT2D eigenvalue weighted by Gasteiger charge is -2.24. The van der Waals surface area contributed by atoms with Gasteiger partial charge in [0, 0.05) is 45.5 Å². The van der Waals surface area contributed by atoms with Crippen LogP contribution in [0.1, 0.15) is 51.0 Å². The fraction of sp³-hybridized carbons (Fsp3) is 0.714. The molecule has 0 spiro atoms. The van der Waals surface area contributed by atoms with Gasteiger partial charge < -0.3 is 15.5 Å². The van der Waals surface area contributed by atoms with Crippen molar-refractivity contribution in [3.63, 3.8) is 0 Å². The summed E-state index contributed by atoms with van der Waals surface area (Å²) in [5.74, 6) is 2.00. The van der Waals surface area contributed by atoms with Gasteiger partial charge in [0.2, 0.25) is 0 Å². The third-order valence-corrected chi connectivity index (χ3v) is 5.83. The second-order valence-corrected chi connectivity index (χ2v) is 7.65. The van der Waals surface area contributed by atoms with Gasteiger partial charge in [-0.15, -0.1) is 24.0 Å². The lowest BCUT2D eigenvalue weighted by atomic mass is 10.2. The molecule has 2 fully saturated rings. The highest BCUT2D eigenvalue weighted by molar-refractivity contribution is 14.0. The number of nitrogens with zero attached hydrogens (tertiary/aromatic N) is 4. The predicted molar refractivity (Wildman–Crippen MR) is 129 cm³/mol. The van der Waals surface area contributed by atoms with E-state index in [0.717, 1.165) is 44.5 Å². The van der Waals surface area contributed by atoms with E-state index < -0.39 is 0 Å². The minimum absolute atomic E-state index is 0. The first kappa shape index (κ1) is 23.2. The van der Waals surface area contributed by atoms with Gasteiger partial charge in [-0.05, 0) is 56.5 Å². The van der Waals surface area contributed by atoms with Gasteiger partial charge in [-0.3, -0.25) is 9.89 Å². The largest absolute Gasteiger partial charge is 0.357 e. The molecule has 2 aliphatic rings. The summed E-state index contributed by atoms with van der Waals surface area (Å²) >= 11 is 0. The van der Waals surface area contributed by atoms with Gasteiger partial charge in [-0.1, -0.05) is 19.8 Å². The molecule has 0 aliphatic carbocycles. The predicted octanol–water partition coefficient (Wildman–Crippen LogP) is 3.23. The summed E-state index contributed by atoms with van der Waals surface area (Å²) in [5, 5.41) is 6.96. The molecule has 0 saturated carbocycles. The van der Waals surface area contributed by atoms with Gasteiger partial charge in [0.25, 0.3) is 0 Å². The molecule has 3 heterocycles. The molecule has 28 heavy (non-hydrogen) atoms. The Morgan fingerprint density at radius 3 is 2.64 bits per heavy atom. The minimum atomic E-state index is 0. The van der Waals surface area contributed by atoms with E-state index >= 15 is 0 Å². The number of likely N-dealkylation sites (N-methyl/N-ethyl adjacent to an activating group) is 1. The second kappa shape index (κ2) is 12.5. The van der Waals surface area contributed by atoms with Gasteiger partial charge >= 0.3 is 0 Å². The van der Waals surface area contributed by atoms with Crippen LogP contribution < -0.4 is 15.5 Å². The maximum atomic E-state index is 4.61. The molecular formula is C21H37IN6. The average Bonchev–Trinajstić information content (AvgIpc) is 2.99. The number of guanidine groups is 1. The number of halogens is 1. The molecule has 3 rings (SSSR count). The van der Waals surface area contributed by atoms with Crippen molar-refractivity contribution in [2.24, 2.45) is 4.99 Å². The van der Waals surface area contributed by atoms with E-state index in [4.69, 9.17) is 0 Å². The maximum Gasteiger partial charge on any atom is 0.191 e. The van der Waals surface area contributed by atoms with Crippen molar-refractivity contribution in [1.82, 2.24) is 20.5 Å². The van der Waals surface area contributed by atoms with Gasteiger partial charge in [0.15, 0.2) is 5.96 Å². The van der Waals surface area contributed by atoms with E-state index in [-0.39, 0.29) is 24.0 Å². The SMILES string of the molecule is CCN1CCCC1CNC(=NC)NCc1ccnc(N2CCCCCC2)c1.I. The zero-order valence-electron chi connectivity index (χ0n) is 17.5. The van der Waals surface area contributed by atoms with E-state index in [1.165, 1.54) is 50.6 Å². The number of aromatic nitrogens is 1. The van der Waals surface area contributed by atoms with Crippen molar-refractivity contribution >= 4 is 35.8 Å². The Balaban J connectivity index is 0.00000280. The van der Waals surface area contributed by atoms with Crippen LogP contribution in [-0.2, 0) is 6.54 Å². The van der Waals surface area contributed by atoms with E-state index in [0.29, 0.717) is 6.04 Å². The molecule has 0 amide bonds. The van der Waals surface area contributed by atoms with Crippen molar-refractivity contribution in [3.05, 3.63) is 23.9 Å². The number of rotatable bonds is 6. The molecular weight excluding hydrogens is 463 g/mol. The minimum Gasteiger partial charge on any atom is -0.357 e. The Morgan fingerprint density at radius 2 is 1.93 bits per heavy atom. The van der Waals surface area contributed by atoms with Crippen LogP contribution in [0.3, 0.4) is 0 Å². The molecule has 2 N–H and O–H groups in total. The topological polar surface area (TPSA) is 55.8 Å². The summed E-state index contributed by atoms with van der Waals surface area (Å²) in [6, 6.07) is 4.95. The number of hydrogen-bond acceptors (Lipinski definition) is 4. The molecule has 2 aliphatic heterocycles. The molecule has 1 unspecified atom stereocenters. The van der Waals surface area contributed by atoms with Crippen LogP contribution in [0.25, 0.3) is 0 Å². The standard InChI is InChI=1S/C21H36N6.HI/c1-3-26-14-8-9-19(26)17-25-21(22-2)24-16-18-10-11-23-20(15-18)27-12-6-4-5-7-13-27;/h10-11,15,19H,3-9,12-14,16-17H2,1-2H3,(H2,22,24,25);1H. The molecule has 0 bridgehead atoms. The Hall–Kier alpha value is -1.09. The maximum absolute atomic E-state index is 4.61. The average molecular weight is 500 g/mol. The quantitative estimate of drug-likeness (QED) is 0.357. The zero-order chi connectivity index (χ0) is 18.9. The third kappa shape index (κ3) is 6.76. The van der Waals surface area contributed by atoms with Crippen LogP contribution in [-0.4, -0.2) is 61.7 Å². The van der Waals surface area contributed by atoms with Crippen molar-refractivity contribution in [2.75, 3.05) is 44.7 Å². The van der Waals surface area contributed by atoms with Crippen molar-refractivity contribution in [1.29, 1.82) is 0 Å². The van der Waals surface area contributed by atoms with Gasteiger partial charge in [0.1, 0.15) is 5.82 Å². The van der Waals surface area contributed by atoms with Gasteiger partial charge in [-0.2, -0.15) is 0 Å². The van der Waals surface area contributed by atoms with E-state index in [9.17, 15) is 0 Å². The summed E-state index contributed by atoms with van der Waals surface area (Å²) in [6.07, 6.45) is 9.76. The van der Waals surface area contributed by atoms with Gasteiger partial charge in [-0.25, -0.2) is 4.98 Å². The van der Waals surface area contributed by atoms with Gasteiger partial charge in [0.05, 0.1) is 0 Å². The fourth-order valence-electron chi connectivity index (χ4n) is 4.21. The summed E-state index contributed by atoms with van der Waals surface area (Å²) in [4.78, 5) is 14.0. The highest BCUT2D eigenvalue weighted by Crippen LogP contribution is 2.18. The van der Waals surface area contributed by atoms with E-state index in [1.54, 1.807) is 0 Å². The molecule has 158 valence electrons. The van der Waals surface area contributed by atoms with Crippen LogP contribution in [0, 0.1) is 0 Å². The van der Waals surface area contributed by atoms with Crippen molar-refractivity contribution in [2.45, 2.75) is 58.0 Å². The number of likely N-dealkylation sites (tertiary alicyclic amines) is 1. The zero-order valence-corrected chi connectivity index (χ0v) is 19.8. The third-order valence-electron chi connectivity index (χ3n) is 5.83. The summed E-state index contributed by atoms with van der Waals surface area (Å²) in [6.45, 7) is 8.59. The van der Waals surface area contributed by atoms with E-state index in [2.05, 4.69) is 49.5 Å². The van der Waals surface area contributed by atoms with E-state index in [1.807, 2.05) is 13.2 Å². The van der Waals surface area contributed by atoms with Crippen molar-refractivity contribution in [3.8, 4) is 0 Å². The number of hydrogen-bond donors (Lipinski definition) is 2. The van der Waals surface area contributed by atoms with Crippen LogP contribution in [0.2, 0.25) is 0 Å². The highest BCUT2D eigenvalue weighted by Gasteiger charge is 2.22. The first-order valence-corrected chi connectivity index (χ1v) is 10.7. The lowest BCUT2D eigenvalue weighted by Crippen LogP contribution is -2.44. The Kier molecular flexibility index (Phi) is 10.3. The Bertz CT molecular complexity index is 600. The molecule has 6 nitrogen and oxygen atoms in total. The molecule has 1 atom stereocenters. The van der Waals surface area contributed by atoms with Crippen LogP contribution in [0.4, 0.5) is 5.82 Å². The van der Waals surface area contributed by atoms with Crippen molar-refractivity contribution < 1.29 is 0 Å². The Morgan fingerprint density at radius 1 is 1.14 bits per heavy atom. The number of pyridine rings is 1. The molecule has 1 aromatic heterocycles. The smallest absolute Gasteiger partial charge is 0.191 e. The first-order valence-electron chi connectivity index (χ1n) is 10.7. The molecule has 7 heteroatoms.